The molecule has 29 heavy (non-hydrogen) atoms. The van der Waals surface area contributed by atoms with Crippen molar-refractivity contribution in [1.82, 2.24) is 0 Å². The smallest absolute Gasteiger partial charge is 0.201 e. The Hall–Kier alpha value is -2.94. The van der Waals surface area contributed by atoms with Gasteiger partial charge in [0.25, 0.3) is 0 Å². The number of nitrogens with zero attached hydrogens (tertiary/aromatic N) is 1. The Labute approximate surface area is 169 Å². The first-order chi connectivity index (χ1) is 14.4. The quantitative estimate of drug-likeness (QED) is 0.322. The predicted octanol–water partition coefficient (Wildman–Crippen LogP) is 6.48. The zero-order valence-electron chi connectivity index (χ0n) is 15.9. The Bertz CT molecular complexity index is 1400. The maximum absolute atomic E-state index is 6.05. The zero-order valence-corrected chi connectivity index (χ0v) is 16.9. The summed E-state index contributed by atoms with van der Waals surface area (Å²) < 4.78 is 17.6. The highest BCUT2D eigenvalue weighted by Gasteiger charge is 2.16. The monoisotopic (exact) mass is 401 g/mol. The highest BCUT2D eigenvalue weighted by atomic mass is 31.1. The van der Waals surface area contributed by atoms with Crippen molar-refractivity contribution in [2.24, 2.45) is 0 Å². The van der Waals surface area contributed by atoms with Crippen LogP contribution in [0.3, 0.4) is 0 Å². The largest absolute Gasteiger partial charge is 0.421 e. The number of benzene rings is 4. The summed E-state index contributed by atoms with van der Waals surface area (Å²) in [6, 6.07) is 23.5. The second-order valence-corrected chi connectivity index (χ2v) is 7.93. The molecule has 0 radical (unpaired) electrons. The van der Waals surface area contributed by atoms with E-state index in [-0.39, 0.29) is 8.67 Å². The zero-order chi connectivity index (χ0) is 19.2. The molecule has 1 fully saturated rings. The van der Waals surface area contributed by atoms with Crippen molar-refractivity contribution in [2.75, 3.05) is 31.2 Å². The molecule has 1 atom stereocenters. The van der Waals surface area contributed by atoms with Crippen LogP contribution in [0.2, 0.25) is 0 Å². The Morgan fingerprint density at radius 3 is 2.24 bits per heavy atom. The molecule has 0 amide bonds. The van der Waals surface area contributed by atoms with Crippen molar-refractivity contribution in [3.8, 4) is 0 Å². The van der Waals surface area contributed by atoms with E-state index in [0.29, 0.717) is 0 Å². The third-order valence-electron chi connectivity index (χ3n) is 5.80. The van der Waals surface area contributed by atoms with Gasteiger partial charge < -0.3 is 18.0 Å². The summed E-state index contributed by atoms with van der Waals surface area (Å²) in [6.45, 7) is 3.37. The van der Waals surface area contributed by atoms with Crippen LogP contribution in [0.4, 0.5) is 5.69 Å². The minimum Gasteiger partial charge on any atom is -0.421 e. The lowest BCUT2D eigenvalue weighted by molar-refractivity contribution is 0.123. The van der Waals surface area contributed by atoms with E-state index in [9.17, 15) is 0 Å². The van der Waals surface area contributed by atoms with Gasteiger partial charge in [-0.3, -0.25) is 0 Å². The van der Waals surface area contributed by atoms with Crippen molar-refractivity contribution < 1.29 is 13.1 Å². The Morgan fingerprint density at radius 1 is 0.655 bits per heavy atom. The van der Waals surface area contributed by atoms with Gasteiger partial charge in [0.15, 0.2) is 0 Å². The fourth-order valence-corrected chi connectivity index (χ4v) is 5.01. The Kier molecular flexibility index (Phi) is 4.00. The van der Waals surface area contributed by atoms with Gasteiger partial charge in [-0.25, -0.2) is 0 Å². The van der Waals surface area contributed by atoms with Crippen LogP contribution in [-0.4, -0.2) is 26.3 Å². The molecule has 6 rings (SSSR count). The van der Waals surface area contributed by atoms with E-state index >= 15 is 0 Å². The maximum atomic E-state index is 6.05. The van der Waals surface area contributed by atoms with E-state index in [1.165, 1.54) is 27.2 Å². The van der Waals surface area contributed by atoms with Crippen LogP contribution in [0.5, 0.6) is 0 Å². The second-order valence-electron chi connectivity index (χ2n) is 7.36. The molecule has 5 aromatic rings. The van der Waals surface area contributed by atoms with Gasteiger partial charge in [0, 0.05) is 34.9 Å². The Balaban J connectivity index is 1.80. The topological polar surface area (TPSA) is 38.8 Å². The summed E-state index contributed by atoms with van der Waals surface area (Å²) in [7, 11) is -0.0541. The predicted molar refractivity (Wildman–Crippen MR) is 121 cm³/mol. The molecule has 0 aliphatic carbocycles. The molecule has 1 aromatic heterocycles. The molecule has 0 spiro atoms. The average Bonchev–Trinajstić information content (AvgIpc) is 2.99. The van der Waals surface area contributed by atoms with E-state index in [4.69, 9.17) is 13.1 Å². The molecule has 1 saturated heterocycles. The molecule has 4 aromatic carbocycles. The molecule has 5 heteroatoms. The lowest BCUT2D eigenvalue weighted by atomic mass is 9.97. The third-order valence-corrected chi connectivity index (χ3v) is 6.40. The molecule has 1 unspecified atom stereocenters. The molecular formula is C24H20NO3P. The van der Waals surface area contributed by atoms with Crippen molar-refractivity contribution in [2.45, 2.75) is 0 Å². The van der Waals surface area contributed by atoms with E-state index < -0.39 is 0 Å². The van der Waals surface area contributed by atoms with Gasteiger partial charge in [-0.1, -0.05) is 42.5 Å². The lowest BCUT2D eigenvalue weighted by Gasteiger charge is -2.30. The first kappa shape index (κ1) is 17.0. The van der Waals surface area contributed by atoms with Crippen molar-refractivity contribution in [3.63, 3.8) is 0 Å². The van der Waals surface area contributed by atoms with Gasteiger partial charge in [0.1, 0.15) is 11.2 Å². The van der Waals surface area contributed by atoms with Crippen LogP contribution >= 0.6 is 8.67 Å². The molecule has 0 saturated carbocycles. The van der Waals surface area contributed by atoms with E-state index in [1.807, 2.05) is 0 Å². The van der Waals surface area contributed by atoms with Crippen LogP contribution in [-0.2, 0) is 4.74 Å². The molecule has 1 aliphatic heterocycles. The summed E-state index contributed by atoms with van der Waals surface area (Å²) in [5.74, 6) is 0. The fraction of sp³-hybridized carbons (Fsp3) is 0.167. The fourth-order valence-electron chi connectivity index (χ4n) is 4.45. The van der Waals surface area contributed by atoms with Gasteiger partial charge in [-0.05, 0) is 40.4 Å². The van der Waals surface area contributed by atoms with Crippen molar-refractivity contribution in [3.05, 3.63) is 66.7 Å². The summed E-state index contributed by atoms with van der Waals surface area (Å²) in [6.07, 6.45) is 0. The first-order valence-corrected chi connectivity index (χ1v) is 10.7. The van der Waals surface area contributed by atoms with Gasteiger partial charge in [0.2, 0.25) is 8.67 Å². The van der Waals surface area contributed by atoms with Gasteiger partial charge in [0.05, 0.1) is 13.2 Å². The van der Waals surface area contributed by atoms with Gasteiger partial charge in [-0.2, -0.15) is 0 Å². The lowest BCUT2D eigenvalue weighted by Crippen LogP contribution is -2.36. The van der Waals surface area contributed by atoms with Crippen molar-refractivity contribution >= 4 is 57.8 Å². The molecule has 2 heterocycles. The molecular weight excluding hydrogens is 381 g/mol. The number of hydrogen-bond donors (Lipinski definition) is 0. The van der Waals surface area contributed by atoms with Crippen molar-refractivity contribution in [1.29, 1.82) is 0 Å². The summed E-state index contributed by atoms with van der Waals surface area (Å²) in [5.41, 5.74) is 3.01. The third kappa shape index (κ3) is 2.71. The number of ether oxygens (including phenoxy) is 1. The highest BCUT2D eigenvalue weighted by Crippen LogP contribution is 2.39. The van der Waals surface area contributed by atoms with Gasteiger partial charge in [-0.15, -0.1) is 0 Å². The summed E-state index contributed by atoms with van der Waals surface area (Å²) >= 11 is 0. The van der Waals surface area contributed by atoms with Gasteiger partial charge >= 0.3 is 0 Å². The second kappa shape index (κ2) is 6.84. The number of morpholine rings is 1. The molecule has 4 nitrogen and oxygen atoms in total. The molecule has 0 bridgehead atoms. The van der Waals surface area contributed by atoms with Crippen LogP contribution in [0.15, 0.2) is 75.1 Å². The van der Waals surface area contributed by atoms with Crippen LogP contribution in [0, 0.1) is 0 Å². The van der Waals surface area contributed by atoms with E-state index in [0.717, 1.165) is 48.2 Å². The Morgan fingerprint density at radius 2 is 1.38 bits per heavy atom. The minimum atomic E-state index is -0.0541. The molecule has 144 valence electrons. The number of hydrogen-bond acceptors (Lipinski definition) is 4. The maximum Gasteiger partial charge on any atom is 0.201 e. The first-order valence-electron chi connectivity index (χ1n) is 9.89. The highest BCUT2D eigenvalue weighted by molar-refractivity contribution is 7.15. The molecule has 1 aliphatic rings. The van der Waals surface area contributed by atoms with E-state index in [1.54, 1.807) is 0 Å². The normalized spacial score (nSPS) is 15.1. The van der Waals surface area contributed by atoms with Crippen LogP contribution in [0.25, 0.3) is 43.5 Å². The van der Waals surface area contributed by atoms with Crippen LogP contribution in [0.1, 0.15) is 0 Å². The standard InChI is InChI=1S/C24H20NO3P/c1-2-5-17-16(4-1)8-10-21-23(17)24-19-6-3-7-20(25-12-14-26-15-13-25)18(19)9-11-22(24)28-29-27-21/h1-11,29H,12-15H2. The average molecular weight is 401 g/mol. The SMILES string of the molecule is c1ccc2c(c1)ccc1o[pH]oc3ccc4c(N5CCOCC5)cccc4c3c12. The summed E-state index contributed by atoms with van der Waals surface area (Å²) in [4.78, 5) is 2.41. The minimum absolute atomic E-state index is 0.0541. The van der Waals surface area contributed by atoms with Crippen LogP contribution < -0.4 is 4.90 Å². The number of fused-ring (bicyclic) bond motifs is 7. The van der Waals surface area contributed by atoms with E-state index in [2.05, 4.69) is 71.6 Å². The number of rotatable bonds is 1. The number of anilines is 1. The summed E-state index contributed by atoms with van der Waals surface area (Å²) in [5, 5.41) is 7.06. The molecule has 0 N–H and O–H groups in total.